The predicted molar refractivity (Wildman–Crippen MR) is 115 cm³/mol. The van der Waals surface area contributed by atoms with Crippen LogP contribution in [0.15, 0.2) is 81.8 Å². The van der Waals surface area contributed by atoms with Crippen molar-refractivity contribution in [3.8, 4) is 0 Å². The van der Waals surface area contributed by atoms with E-state index < -0.39 is 0 Å². The second-order valence-electron chi connectivity index (χ2n) is 6.48. The largest absolute Gasteiger partial charge is 0.416 e. The van der Waals surface area contributed by atoms with E-state index in [0.717, 1.165) is 16.0 Å². The molecule has 0 aliphatic rings. The first-order valence-electron chi connectivity index (χ1n) is 9.25. The van der Waals surface area contributed by atoms with Gasteiger partial charge in [0.15, 0.2) is 0 Å². The normalized spacial score (nSPS) is 11.9. The molecule has 2 aromatic carbocycles. The number of carbonyl (C=O) groups excluding carboxylic acids is 1. The second-order valence-corrected chi connectivity index (χ2v) is 8.39. The van der Waals surface area contributed by atoms with Crippen molar-refractivity contribution in [3.05, 3.63) is 99.8 Å². The van der Waals surface area contributed by atoms with Gasteiger partial charge >= 0.3 is 0 Å². The molecule has 8 heteroatoms. The Morgan fingerprint density at radius 1 is 1.07 bits per heavy atom. The summed E-state index contributed by atoms with van der Waals surface area (Å²) >= 11 is 2.72. The third kappa shape index (κ3) is 5.34. The van der Waals surface area contributed by atoms with Crippen LogP contribution in [-0.2, 0) is 11.2 Å². The predicted octanol–water partition coefficient (Wildman–Crippen LogP) is 4.86. The quantitative estimate of drug-likeness (QED) is 0.397. The van der Waals surface area contributed by atoms with Crippen molar-refractivity contribution < 1.29 is 13.6 Å². The lowest BCUT2D eigenvalue weighted by Gasteiger charge is -2.18. The molecule has 0 fully saturated rings. The molecule has 5 nitrogen and oxygen atoms in total. The summed E-state index contributed by atoms with van der Waals surface area (Å²) in [6.07, 6.45) is 0.547. The van der Waals surface area contributed by atoms with Gasteiger partial charge in [0.25, 0.3) is 5.22 Å². The van der Waals surface area contributed by atoms with Crippen LogP contribution in [0.1, 0.15) is 27.9 Å². The molecule has 1 atom stereocenters. The van der Waals surface area contributed by atoms with Gasteiger partial charge < -0.3 is 9.73 Å². The molecule has 0 bridgehead atoms. The summed E-state index contributed by atoms with van der Waals surface area (Å²) in [6, 6.07) is 19.5. The number of aromatic nitrogens is 2. The van der Waals surface area contributed by atoms with Gasteiger partial charge in [-0.05, 0) is 34.7 Å². The van der Waals surface area contributed by atoms with Gasteiger partial charge in [0.1, 0.15) is 5.82 Å². The molecular formula is C22H18FN3O2S2. The van der Waals surface area contributed by atoms with E-state index in [1.807, 2.05) is 47.8 Å². The first-order chi connectivity index (χ1) is 14.7. The van der Waals surface area contributed by atoms with Gasteiger partial charge in [0, 0.05) is 4.88 Å². The second kappa shape index (κ2) is 9.69. The lowest BCUT2D eigenvalue weighted by atomic mass is 10.1. The van der Waals surface area contributed by atoms with E-state index in [0.29, 0.717) is 17.5 Å². The summed E-state index contributed by atoms with van der Waals surface area (Å²) in [4.78, 5) is 13.5. The van der Waals surface area contributed by atoms with E-state index in [1.165, 1.54) is 35.2 Å². The third-order valence-corrected chi connectivity index (χ3v) is 6.07. The Labute approximate surface area is 181 Å². The van der Waals surface area contributed by atoms with E-state index in [-0.39, 0.29) is 23.5 Å². The number of hydrogen-bond donors (Lipinski definition) is 1. The van der Waals surface area contributed by atoms with Crippen LogP contribution in [0.25, 0.3) is 0 Å². The Hall–Kier alpha value is -2.97. The van der Waals surface area contributed by atoms with Gasteiger partial charge in [-0.1, -0.05) is 60.3 Å². The maximum atomic E-state index is 13.3. The van der Waals surface area contributed by atoms with Crippen LogP contribution in [0, 0.1) is 5.82 Å². The van der Waals surface area contributed by atoms with Crippen molar-refractivity contribution in [2.45, 2.75) is 17.7 Å². The van der Waals surface area contributed by atoms with E-state index in [1.54, 1.807) is 12.1 Å². The molecule has 0 radical (unpaired) electrons. The number of carbonyl (C=O) groups is 1. The van der Waals surface area contributed by atoms with Crippen molar-refractivity contribution in [3.63, 3.8) is 0 Å². The van der Waals surface area contributed by atoms with Crippen molar-refractivity contribution in [2.24, 2.45) is 0 Å². The minimum absolute atomic E-state index is 0.135. The fourth-order valence-electron chi connectivity index (χ4n) is 2.90. The van der Waals surface area contributed by atoms with Crippen LogP contribution in [0.3, 0.4) is 0 Å². The zero-order chi connectivity index (χ0) is 20.8. The first kappa shape index (κ1) is 20.3. The van der Waals surface area contributed by atoms with E-state index in [9.17, 15) is 9.18 Å². The number of nitrogens with one attached hydrogen (secondary N) is 1. The van der Waals surface area contributed by atoms with Crippen LogP contribution in [-0.4, -0.2) is 21.9 Å². The SMILES string of the molecule is O=C(CSc1nnc(Cc2ccccc2)o1)NC(c1ccc(F)cc1)c1cccs1. The molecule has 2 heterocycles. The average molecular weight is 440 g/mol. The maximum Gasteiger partial charge on any atom is 0.277 e. The van der Waals surface area contributed by atoms with Crippen LogP contribution in [0.4, 0.5) is 4.39 Å². The Balaban J connectivity index is 1.37. The zero-order valence-corrected chi connectivity index (χ0v) is 17.5. The Morgan fingerprint density at radius 3 is 2.60 bits per heavy atom. The Bertz CT molecular complexity index is 1080. The van der Waals surface area contributed by atoms with Crippen molar-refractivity contribution in [2.75, 3.05) is 5.75 Å². The van der Waals surface area contributed by atoms with Gasteiger partial charge in [0.2, 0.25) is 11.8 Å². The molecule has 152 valence electrons. The van der Waals surface area contributed by atoms with Crippen LogP contribution < -0.4 is 5.32 Å². The van der Waals surface area contributed by atoms with E-state index in [2.05, 4.69) is 15.5 Å². The van der Waals surface area contributed by atoms with E-state index >= 15 is 0 Å². The molecular weight excluding hydrogens is 421 g/mol. The van der Waals surface area contributed by atoms with Crippen molar-refractivity contribution in [1.29, 1.82) is 0 Å². The number of halogens is 1. The highest BCUT2D eigenvalue weighted by atomic mass is 32.2. The molecule has 4 rings (SSSR count). The molecule has 0 saturated carbocycles. The van der Waals surface area contributed by atoms with Crippen LogP contribution in [0.2, 0.25) is 0 Å². The summed E-state index contributed by atoms with van der Waals surface area (Å²) in [6.45, 7) is 0. The van der Waals surface area contributed by atoms with Crippen molar-refractivity contribution in [1.82, 2.24) is 15.5 Å². The Kier molecular flexibility index (Phi) is 6.56. The first-order valence-corrected chi connectivity index (χ1v) is 11.1. The summed E-state index contributed by atoms with van der Waals surface area (Å²) < 4.78 is 18.9. The number of thiophene rings is 1. The fourth-order valence-corrected chi connectivity index (χ4v) is 4.29. The highest BCUT2D eigenvalue weighted by molar-refractivity contribution is 7.99. The van der Waals surface area contributed by atoms with Gasteiger partial charge in [-0.2, -0.15) is 0 Å². The summed E-state index contributed by atoms with van der Waals surface area (Å²) in [5.41, 5.74) is 1.90. The lowest BCUT2D eigenvalue weighted by Crippen LogP contribution is -2.30. The smallest absolute Gasteiger partial charge is 0.277 e. The summed E-state index contributed by atoms with van der Waals surface area (Å²) in [5, 5.41) is 13.4. The number of nitrogens with zero attached hydrogens (tertiary/aromatic N) is 2. The van der Waals surface area contributed by atoms with Gasteiger partial charge in [-0.25, -0.2) is 4.39 Å². The third-order valence-electron chi connectivity index (χ3n) is 4.31. The molecule has 0 spiro atoms. The fraction of sp³-hybridized carbons (Fsp3) is 0.136. The lowest BCUT2D eigenvalue weighted by molar-refractivity contribution is -0.119. The highest BCUT2D eigenvalue weighted by Gasteiger charge is 2.19. The van der Waals surface area contributed by atoms with Gasteiger partial charge in [0.05, 0.1) is 18.2 Å². The van der Waals surface area contributed by atoms with Gasteiger partial charge in [-0.15, -0.1) is 21.5 Å². The number of rotatable bonds is 8. The minimum atomic E-state index is -0.338. The number of amides is 1. The van der Waals surface area contributed by atoms with Crippen molar-refractivity contribution >= 4 is 29.0 Å². The van der Waals surface area contributed by atoms with Gasteiger partial charge in [-0.3, -0.25) is 4.79 Å². The van der Waals surface area contributed by atoms with Crippen LogP contribution in [0.5, 0.6) is 0 Å². The molecule has 4 aromatic rings. The number of benzene rings is 2. The minimum Gasteiger partial charge on any atom is -0.416 e. The monoisotopic (exact) mass is 439 g/mol. The van der Waals surface area contributed by atoms with Crippen LogP contribution >= 0.6 is 23.1 Å². The zero-order valence-electron chi connectivity index (χ0n) is 15.8. The summed E-state index contributed by atoms with van der Waals surface area (Å²) in [5.74, 6) is 0.154. The molecule has 1 unspecified atom stereocenters. The molecule has 1 amide bonds. The number of thioether (sulfide) groups is 1. The van der Waals surface area contributed by atoms with E-state index in [4.69, 9.17) is 4.42 Å². The molecule has 0 saturated heterocycles. The topological polar surface area (TPSA) is 68.0 Å². The standard InChI is InChI=1S/C22H18FN3O2S2/c23-17-10-8-16(9-11-17)21(18-7-4-12-29-18)24-19(27)14-30-22-26-25-20(28-22)13-15-5-2-1-3-6-15/h1-12,21H,13-14H2,(H,24,27). The molecule has 30 heavy (non-hydrogen) atoms. The molecule has 2 aromatic heterocycles. The highest BCUT2D eigenvalue weighted by Crippen LogP contribution is 2.27. The molecule has 0 aliphatic heterocycles. The summed E-state index contributed by atoms with van der Waals surface area (Å²) in [7, 11) is 0. The molecule has 1 N–H and O–H groups in total. The molecule has 0 aliphatic carbocycles. The Morgan fingerprint density at radius 2 is 1.87 bits per heavy atom. The number of hydrogen-bond acceptors (Lipinski definition) is 6. The maximum absolute atomic E-state index is 13.3. The average Bonchev–Trinajstić information content (AvgIpc) is 3.44.